The van der Waals surface area contributed by atoms with E-state index >= 15 is 0 Å². The van der Waals surface area contributed by atoms with E-state index in [1.54, 1.807) is 18.2 Å². The molecular weight excluding hydrogens is 308 g/mol. The van der Waals surface area contributed by atoms with Gasteiger partial charge in [-0.15, -0.1) is 0 Å². The van der Waals surface area contributed by atoms with Gasteiger partial charge in [-0.2, -0.15) is 4.31 Å². The number of sulfonamides is 1. The molecule has 0 saturated carbocycles. The maximum Gasteiger partial charge on any atom is 0.409 e. The van der Waals surface area contributed by atoms with Crippen molar-refractivity contribution < 1.29 is 22.7 Å². The highest BCUT2D eigenvalue weighted by molar-refractivity contribution is 7.89. The van der Waals surface area contributed by atoms with Crippen LogP contribution in [-0.2, 0) is 21.2 Å². The van der Waals surface area contributed by atoms with Gasteiger partial charge in [-0.3, -0.25) is 0 Å². The van der Waals surface area contributed by atoms with Crippen LogP contribution in [0.15, 0.2) is 23.1 Å². The molecule has 1 aromatic rings. The maximum atomic E-state index is 12.7. The van der Waals surface area contributed by atoms with E-state index in [2.05, 4.69) is 4.74 Å². The smallest absolute Gasteiger partial charge is 0.409 e. The van der Waals surface area contributed by atoms with E-state index in [-0.39, 0.29) is 18.0 Å². The lowest BCUT2D eigenvalue weighted by Gasteiger charge is -2.33. The largest absolute Gasteiger partial charge is 0.493 e. The Morgan fingerprint density at radius 2 is 1.95 bits per heavy atom. The van der Waals surface area contributed by atoms with E-state index in [9.17, 15) is 13.2 Å². The van der Waals surface area contributed by atoms with Crippen LogP contribution >= 0.6 is 0 Å². The van der Waals surface area contributed by atoms with Crippen LogP contribution in [0.25, 0.3) is 0 Å². The lowest BCUT2D eigenvalue weighted by Crippen LogP contribution is -2.50. The summed E-state index contributed by atoms with van der Waals surface area (Å²) >= 11 is 0. The average Bonchev–Trinajstić information content (AvgIpc) is 3.01. The lowest BCUT2D eigenvalue weighted by atomic mass is 10.2. The van der Waals surface area contributed by atoms with Crippen molar-refractivity contribution in [3.05, 3.63) is 23.8 Å². The molecule has 0 spiro atoms. The topological polar surface area (TPSA) is 76.2 Å². The van der Waals surface area contributed by atoms with Gasteiger partial charge in [0.1, 0.15) is 5.75 Å². The third kappa shape index (κ3) is 2.64. The van der Waals surface area contributed by atoms with Crippen molar-refractivity contribution in [3.8, 4) is 5.75 Å². The van der Waals surface area contributed by atoms with Gasteiger partial charge in [0, 0.05) is 32.6 Å². The summed E-state index contributed by atoms with van der Waals surface area (Å²) in [5.74, 6) is 0.759. The Hall–Kier alpha value is -1.80. The second kappa shape index (κ2) is 5.77. The second-order valence-corrected chi connectivity index (χ2v) is 7.17. The summed E-state index contributed by atoms with van der Waals surface area (Å²) in [4.78, 5) is 13.2. The number of methoxy groups -OCH3 is 1. The Labute approximate surface area is 129 Å². The Bertz CT molecular complexity index is 680. The first-order chi connectivity index (χ1) is 10.5. The molecule has 1 fully saturated rings. The number of carbonyl (C=O) groups is 1. The third-order valence-electron chi connectivity index (χ3n) is 3.97. The molecule has 0 atom stereocenters. The molecule has 0 unspecified atom stereocenters. The predicted molar refractivity (Wildman–Crippen MR) is 78.4 cm³/mol. The number of amides is 1. The average molecular weight is 326 g/mol. The van der Waals surface area contributed by atoms with E-state index in [0.29, 0.717) is 19.7 Å². The molecule has 2 aliphatic heterocycles. The first-order valence-corrected chi connectivity index (χ1v) is 8.55. The minimum absolute atomic E-state index is 0.269. The highest BCUT2D eigenvalue weighted by Gasteiger charge is 2.31. The molecule has 0 bridgehead atoms. The number of ether oxygens (including phenoxy) is 2. The lowest BCUT2D eigenvalue weighted by molar-refractivity contribution is 0.108. The van der Waals surface area contributed by atoms with Crippen LogP contribution in [0.4, 0.5) is 4.79 Å². The van der Waals surface area contributed by atoms with Gasteiger partial charge in [-0.25, -0.2) is 13.2 Å². The van der Waals surface area contributed by atoms with E-state index in [1.807, 2.05) is 0 Å². The zero-order valence-corrected chi connectivity index (χ0v) is 13.1. The van der Waals surface area contributed by atoms with Gasteiger partial charge in [0.2, 0.25) is 10.0 Å². The number of fused-ring (bicyclic) bond motifs is 1. The molecule has 1 saturated heterocycles. The van der Waals surface area contributed by atoms with Gasteiger partial charge >= 0.3 is 6.09 Å². The molecule has 2 aliphatic rings. The maximum absolute atomic E-state index is 12.7. The zero-order chi connectivity index (χ0) is 15.7. The zero-order valence-electron chi connectivity index (χ0n) is 12.3. The van der Waals surface area contributed by atoms with Crippen LogP contribution in [-0.4, -0.2) is 63.6 Å². The molecule has 1 amide bonds. The van der Waals surface area contributed by atoms with Crippen molar-refractivity contribution >= 4 is 16.1 Å². The summed E-state index contributed by atoms with van der Waals surface area (Å²) in [5.41, 5.74) is 0.925. The Morgan fingerprint density at radius 3 is 2.64 bits per heavy atom. The van der Waals surface area contributed by atoms with Crippen molar-refractivity contribution in [2.45, 2.75) is 11.3 Å². The van der Waals surface area contributed by atoms with Gasteiger partial charge in [-0.1, -0.05) is 0 Å². The Morgan fingerprint density at radius 1 is 1.23 bits per heavy atom. The molecule has 7 nitrogen and oxygen atoms in total. The van der Waals surface area contributed by atoms with E-state index in [4.69, 9.17) is 4.74 Å². The number of benzene rings is 1. The molecule has 120 valence electrons. The summed E-state index contributed by atoms with van der Waals surface area (Å²) < 4.78 is 36.8. The van der Waals surface area contributed by atoms with Crippen LogP contribution in [0.3, 0.4) is 0 Å². The minimum Gasteiger partial charge on any atom is -0.493 e. The van der Waals surface area contributed by atoms with Crippen molar-refractivity contribution in [1.29, 1.82) is 0 Å². The highest BCUT2D eigenvalue weighted by atomic mass is 32.2. The van der Waals surface area contributed by atoms with Gasteiger partial charge < -0.3 is 14.4 Å². The van der Waals surface area contributed by atoms with E-state index in [0.717, 1.165) is 17.7 Å². The number of carbonyl (C=O) groups excluding carboxylic acids is 1. The summed E-state index contributed by atoms with van der Waals surface area (Å²) in [6, 6.07) is 4.97. The molecule has 2 heterocycles. The summed E-state index contributed by atoms with van der Waals surface area (Å²) in [6.07, 6.45) is 0.307. The van der Waals surface area contributed by atoms with Crippen LogP contribution in [0, 0.1) is 0 Å². The molecule has 1 aromatic carbocycles. The standard InChI is InChI=1S/C14H18N2O5S/c1-20-14(17)15-5-7-16(8-6-15)22(18,19)12-2-3-13-11(10-12)4-9-21-13/h2-3,10H,4-9H2,1H3. The fourth-order valence-electron chi connectivity index (χ4n) is 2.71. The van der Waals surface area contributed by atoms with E-state index in [1.165, 1.54) is 16.3 Å². The number of nitrogens with zero attached hydrogens (tertiary/aromatic N) is 2. The van der Waals surface area contributed by atoms with Crippen molar-refractivity contribution in [2.75, 3.05) is 39.9 Å². The Kier molecular flexibility index (Phi) is 3.96. The fraction of sp³-hybridized carbons (Fsp3) is 0.500. The third-order valence-corrected chi connectivity index (χ3v) is 5.86. The number of hydrogen-bond acceptors (Lipinski definition) is 5. The fourth-order valence-corrected chi connectivity index (χ4v) is 4.19. The highest BCUT2D eigenvalue weighted by Crippen LogP contribution is 2.29. The molecule has 0 aliphatic carbocycles. The number of hydrogen-bond donors (Lipinski definition) is 0. The molecule has 0 N–H and O–H groups in total. The molecule has 0 radical (unpaired) electrons. The molecule has 8 heteroatoms. The first-order valence-electron chi connectivity index (χ1n) is 7.11. The summed E-state index contributed by atoms with van der Waals surface area (Å²) in [5, 5.41) is 0. The van der Waals surface area contributed by atoms with Crippen molar-refractivity contribution in [3.63, 3.8) is 0 Å². The molecule has 0 aromatic heterocycles. The van der Waals surface area contributed by atoms with Gasteiger partial charge in [0.25, 0.3) is 0 Å². The van der Waals surface area contributed by atoms with Crippen LogP contribution in [0.2, 0.25) is 0 Å². The number of piperazine rings is 1. The van der Waals surface area contributed by atoms with Crippen molar-refractivity contribution in [1.82, 2.24) is 9.21 Å². The SMILES string of the molecule is COC(=O)N1CCN(S(=O)(=O)c2ccc3c(c2)CCO3)CC1. The van der Waals surface area contributed by atoms with Gasteiger partial charge in [0.15, 0.2) is 0 Å². The Balaban J connectivity index is 1.75. The van der Waals surface area contributed by atoms with Crippen LogP contribution in [0.1, 0.15) is 5.56 Å². The predicted octanol–water partition coefficient (Wildman–Crippen LogP) is 0.694. The quantitative estimate of drug-likeness (QED) is 0.799. The molecule has 3 rings (SSSR count). The molecule has 22 heavy (non-hydrogen) atoms. The first kappa shape index (κ1) is 15.1. The van der Waals surface area contributed by atoms with Crippen LogP contribution in [0.5, 0.6) is 5.75 Å². The summed E-state index contributed by atoms with van der Waals surface area (Å²) in [7, 11) is -2.22. The summed E-state index contributed by atoms with van der Waals surface area (Å²) in [6.45, 7) is 1.80. The monoisotopic (exact) mass is 326 g/mol. The minimum atomic E-state index is -3.54. The van der Waals surface area contributed by atoms with Gasteiger partial charge in [0.05, 0.1) is 18.6 Å². The number of rotatable bonds is 2. The van der Waals surface area contributed by atoms with E-state index < -0.39 is 16.1 Å². The van der Waals surface area contributed by atoms with Crippen LogP contribution < -0.4 is 4.74 Å². The van der Waals surface area contributed by atoms with Crippen molar-refractivity contribution in [2.24, 2.45) is 0 Å². The molecular formula is C14H18N2O5S. The second-order valence-electron chi connectivity index (χ2n) is 5.23. The normalized spacial score (nSPS) is 18.7. The van der Waals surface area contributed by atoms with Gasteiger partial charge in [-0.05, 0) is 23.8 Å².